The summed E-state index contributed by atoms with van der Waals surface area (Å²) in [4.78, 5) is 26.7. The Morgan fingerprint density at radius 2 is 2.39 bits per heavy atom. The molecule has 0 bridgehead atoms. The van der Waals surface area contributed by atoms with E-state index in [4.69, 9.17) is 4.42 Å². The molecule has 96 valence electrons. The lowest BCUT2D eigenvalue weighted by molar-refractivity contribution is -0.121. The molecule has 0 atom stereocenters. The molecule has 7 nitrogen and oxygen atoms in total. The van der Waals surface area contributed by atoms with Crippen molar-refractivity contribution in [1.82, 2.24) is 15.7 Å². The summed E-state index contributed by atoms with van der Waals surface area (Å²) in [6.07, 6.45) is 2.85. The molecule has 0 aromatic carbocycles. The van der Waals surface area contributed by atoms with E-state index in [-0.39, 0.29) is 11.8 Å². The second-order valence-electron chi connectivity index (χ2n) is 3.96. The number of nitrogens with one attached hydrogen (secondary N) is 2. The van der Waals surface area contributed by atoms with E-state index in [1.165, 1.54) is 0 Å². The number of oxazole rings is 1. The van der Waals surface area contributed by atoms with Crippen molar-refractivity contribution in [2.45, 2.75) is 26.2 Å². The number of nitrogens with zero attached hydrogens (tertiary/aromatic N) is 2. The average molecular weight is 250 g/mol. The summed E-state index contributed by atoms with van der Waals surface area (Å²) in [7, 11) is 0. The molecule has 0 unspecified atom stereocenters. The monoisotopic (exact) mass is 250 g/mol. The summed E-state index contributed by atoms with van der Waals surface area (Å²) in [6, 6.07) is 0. The second-order valence-corrected chi connectivity index (χ2v) is 3.96. The molecule has 0 aliphatic carbocycles. The highest BCUT2D eigenvalue weighted by Gasteiger charge is 2.17. The number of aryl methyl sites for hydroxylation is 1. The summed E-state index contributed by atoms with van der Waals surface area (Å²) in [6.45, 7) is 2.22. The minimum Gasteiger partial charge on any atom is -0.449 e. The van der Waals surface area contributed by atoms with Crippen molar-refractivity contribution in [3.05, 3.63) is 17.8 Å². The van der Waals surface area contributed by atoms with Crippen LogP contribution in [0.15, 0.2) is 15.8 Å². The van der Waals surface area contributed by atoms with Gasteiger partial charge in [-0.15, -0.1) is 0 Å². The third kappa shape index (κ3) is 3.16. The van der Waals surface area contributed by atoms with E-state index in [1.54, 1.807) is 13.2 Å². The van der Waals surface area contributed by atoms with Crippen LogP contribution >= 0.6 is 0 Å². The van der Waals surface area contributed by atoms with Gasteiger partial charge in [0.05, 0.1) is 5.69 Å². The topological polar surface area (TPSA) is 96.6 Å². The van der Waals surface area contributed by atoms with Crippen LogP contribution in [0, 0.1) is 6.92 Å². The maximum Gasteiger partial charge on any atom is 0.267 e. The van der Waals surface area contributed by atoms with E-state index in [2.05, 4.69) is 20.8 Å². The van der Waals surface area contributed by atoms with Crippen LogP contribution in [0.1, 0.15) is 24.4 Å². The Balaban J connectivity index is 1.77. The summed E-state index contributed by atoms with van der Waals surface area (Å²) in [5.41, 5.74) is 3.44. The molecule has 2 heterocycles. The lowest BCUT2D eigenvalue weighted by atomic mass is 10.1. The molecule has 0 saturated carbocycles. The molecular formula is C11H14N4O3. The Morgan fingerprint density at radius 1 is 1.56 bits per heavy atom. The van der Waals surface area contributed by atoms with Crippen LogP contribution in [0.4, 0.5) is 0 Å². The quantitative estimate of drug-likeness (QED) is 0.780. The molecule has 2 rings (SSSR count). The maximum atomic E-state index is 11.7. The Morgan fingerprint density at radius 3 is 3.00 bits per heavy atom. The Kier molecular flexibility index (Phi) is 3.71. The fourth-order valence-electron chi connectivity index (χ4n) is 1.57. The summed E-state index contributed by atoms with van der Waals surface area (Å²) in [5.74, 6) is 0.190. The SMILES string of the molecule is Cc1nc(CCNC(=O)C2=NNC(=O)CC2)co1. The van der Waals surface area contributed by atoms with E-state index >= 15 is 0 Å². The normalized spacial score (nSPS) is 14.9. The molecule has 1 aromatic heterocycles. The highest BCUT2D eigenvalue weighted by atomic mass is 16.3. The van der Waals surface area contributed by atoms with Crippen molar-refractivity contribution in [2.24, 2.45) is 5.10 Å². The smallest absolute Gasteiger partial charge is 0.267 e. The fraction of sp³-hybridized carbons (Fsp3) is 0.455. The first-order chi connectivity index (χ1) is 8.65. The van der Waals surface area contributed by atoms with Crippen molar-refractivity contribution >= 4 is 17.5 Å². The van der Waals surface area contributed by atoms with Gasteiger partial charge in [-0.3, -0.25) is 9.59 Å². The highest BCUT2D eigenvalue weighted by Crippen LogP contribution is 2.01. The van der Waals surface area contributed by atoms with Crippen LogP contribution in [0.5, 0.6) is 0 Å². The summed E-state index contributed by atoms with van der Waals surface area (Å²) in [5, 5.41) is 6.43. The lowest BCUT2D eigenvalue weighted by Crippen LogP contribution is -2.37. The van der Waals surface area contributed by atoms with Gasteiger partial charge >= 0.3 is 0 Å². The molecule has 0 spiro atoms. The zero-order chi connectivity index (χ0) is 13.0. The van der Waals surface area contributed by atoms with Crippen LogP contribution in [-0.2, 0) is 16.0 Å². The van der Waals surface area contributed by atoms with Gasteiger partial charge in [0.1, 0.15) is 12.0 Å². The molecule has 2 N–H and O–H groups in total. The number of hydrazone groups is 1. The molecular weight excluding hydrogens is 236 g/mol. The first kappa shape index (κ1) is 12.3. The Bertz CT molecular complexity index is 492. The third-order valence-corrected chi connectivity index (χ3v) is 2.50. The standard InChI is InChI=1S/C11H14N4O3/c1-7-13-8(6-18-7)4-5-12-11(17)9-2-3-10(16)15-14-9/h6H,2-5H2,1H3,(H,12,17)(H,15,16). The molecule has 1 aromatic rings. The van der Waals surface area contributed by atoms with Crippen molar-refractivity contribution in [3.8, 4) is 0 Å². The number of hydrogen-bond donors (Lipinski definition) is 2. The van der Waals surface area contributed by atoms with Crippen LogP contribution in [-0.4, -0.2) is 29.1 Å². The second kappa shape index (κ2) is 5.44. The summed E-state index contributed by atoms with van der Waals surface area (Å²) < 4.78 is 5.06. The average Bonchev–Trinajstić information content (AvgIpc) is 2.76. The number of rotatable bonds is 4. The summed E-state index contributed by atoms with van der Waals surface area (Å²) >= 11 is 0. The van der Waals surface area contributed by atoms with E-state index in [0.717, 1.165) is 5.69 Å². The molecule has 18 heavy (non-hydrogen) atoms. The van der Waals surface area contributed by atoms with Crippen molar-refractivity contribution in [3.63, 3.8) is 0 Å². The van der Waals surface area contributed by atoms with Crippen molar-refractivity contribution in [1.29, 1.82) is 0 Å². The van der Waals surface area contributed by atoms with Gasteiger partial charge in [-0.05, 0) is 0 Å². The predicted molar refractivity (Wildman–Crippen MR) is 62.8 cm³/mol. The van der Waals surface area contributed by atoms with Gasteiger partial charge in [0.15, 0.2) is 5.89 Å². The van der Waals surface area contributed by atoms with Crippen LogP contribution in [0.2, 0.25) is 0 Å². The van der Waals surface area contributed by atoms with Gasteiger partial charge in [-0.1, -0.05) is 0 Å². The van der Waals surface area contributed by atoms with Crippen LogP contribution in [0.25, 0.3) is 0 Å². The van der Waals surface area contributed by atoms with E-state index < -0.39 is 0 Å². The van der Waals surface area contributed by atoms with Crippen LogP contribution in [0.3, 0.4) is 0 Å². The highest BCUT2D eigenvalue weighted by molar-refractivity contribution is 6.39. The largest absolute Gasteiger partial charge is 0.449 e. The molecule has 1 aliphatic heterocycles. The first-order valence-electron chi connectivity index (χ1n) is 5.70. The van der Waals surface area contributed by atoms with Gasteiger partial charge in [0.2, 0.25) is 5.91 Å². The van der Waals surface area contributed by atoms with Gasteiger partial charge in [0, 0.05) is 32.7 Å². The molecule has 0 fully saturated rings. The van der Waals surface area contributed by atoms with E-state index in [9.17, 15) is 9.59 Å². The minimum absolute atomic E-state index is 0.162. The number of carbonyl (C=O) groups is 2. The van der Waals surface area contributed by atoms with E-state index in [0.29, 0.717) is 37.4 Å². The number of aromatic nitrogens is 1. The van der Waals surface area contributed by atoms with E-state index in [1.807, 2.05) is 0 Å². The van der Waals surface area contributed by atoms with Gasteiger partial charge < -0.3 is 9.73 Å². The zero-order valence-corrected chi connectivity index (χ0v) is 10.0. The molecule has 7 heteroatoms. The number of hydrogen-bond acceptors (Lipinski definition) is 5. The predicted octanol–water partition coefficient (Wildman–Crippen LogP) is -0.0923. The fourth-order valence-corrected chi connectivity index (χ4v) is 1.57. The molecule has 0 radical (unpaired) electrons. The number of carbonyl (C=O) groups excluding carboxylic acids is 2. The van der Waals surface area contributed by atoms with Crippen LogP contribution < -0.4 is 10.7 Å². The zero-order valence-electron chi connectivity index (χ0n) is 10.0. The third-order valence-electron chi connectivity index (χ3n) is 2.50. The maximum absolute atomic E-state index is 11.7. The van der Waals surface area contributed by atoms with Gasteiger partial charge in [0.25, 0.3) is 5.91 Å². The first-order valence-corrected chi connectivity index (χ1v) is 5.70. The lowest BCUT2D eigenvalue weighted by Gasteiger charge is -2.11. The molecule has 0 saturated heterocycles. The van der Waals surface area contributed by atoms with Gasteiger partial charge in [-0.25, -0.2) is 10.4 Å². The van der Waals surface area contributed by atoms with Crippen molar-refractivity contribution in [2.75, 3.05) is 6.54 Å². The Labute approximate surface area is 104 Å². The number of amides is 2. The van der Waals surface area contributed by atoms with Gasteiger partial charge in [-0.2, -0.15) is 5.10 Å². The van der Waals surface area contributed by atoms with Crippen molar-refractivity contribution < 1.29 is 14.0 Å². The molecule has 2 amide bonds. The molecule has 1 aliphatic rings. The Hall–Kier alpha value is -2.18. The minimum atomic E-state index is -0.254.